The highest BCUT2D eigenvalue weighted by atomic mass is 19.4. The van der Waals surface area contributed by atoms with Crippen LogP contribution in [0.3, 0.4) is 0 Å². The number of rotatable bonds is 9. The predicted octanol–water partition coefficient (Wildman–Crippen LogP) is 9.78. The molecule has 2 aliphatic carbocycles. The lowest BCUT2D eigenvalue weighted by Gasteiger charge is -2.40. The van der Waals surface area contributed by atoms with Gasteiger partial charge in [-0.3, -0.25) is 0 Å². The van der Waals surface area contributed by atoms with Crippen LogP contribution in [0.5, 0.6) is 0 Å². The summed E-state index contributed by atoms with van der Waals surface area (Å²) in [5.41, 5.74) is -2.56. The van der Waals surface area contributed by atoms with E-state index in [-0.39, 0.29) is 19.3 Å². The molecule has 0 bridgehead atoms. The molecule has 1 heterocycles. The van der Waals surface area contributed by atoms with Crippen molar-refractivity contribution in [3.05, 3.63) is 47.5 Å². The molecule has 4 rings (SSSR count). The summed E-state index contributed by atoms with van der Waals surface area (Å²) in [4.78, 5) is 0. The van der Waals surface area contributed by atoms with Gasteiger partial charge >= 0.3 is 24.1 Å². The quantitative estimate of drug-likeness (QED) is 0.208. The Bertz CT molecular complexity index is 1010. The summed E-state index contributed by atoms with van der Waals surface area (Å²) in [7, 11) is 0. The van der Waals surface area contributed by atoms with Crippen LogP contribution in [0.2, 0.25) is 0 Å². The second-order valence-electron chi connectivity index (χ2n) is 11.8. The van der Waals surface area contributed by atoms with Crippen LogP contribution < -0.4 is 0 Å². The van der Waals surface area contributed by atoms with Gasteiger partial charge in [0.2, 0.25) is 0 Å². The summed E-state index contributed by atoms with van der Waals surface area (Å²) in [6.07, 6.45) is -2.10. The minimum atomic E-state index is -4.84. The maximum absolute atomic E-state index is 15.0. The van der Waals surface area contributed by atoms with Crippen molar-refractivity contribution in [1.82, 2.24) is 0 Å². The zero-order chi connectivity index (χ0) is 30.1. The first kappa shape index (κ1) is 32.2. The molecule has 0 spiro atoms. The van der Waals surface area contributed by atoms with E-state index < -0.39 is 66.4 Å². The van der Waals surface area contributed by atoms with Crippen molar-refractivity contribution < 1.29 is 49.0 Å². The minimum Gasteiger partial charge on any atom is -0.369 e. The Morgan fingerprint density at radius 3 is 1.90 bits per heavy atom. The first-order valence-electron chi connectivity index (χ1n) is 14.4. The van der Waals surface area contributed by atoms with Crippen molar-refractivity contribution >= 4 is 0 Å². The lowest BCUT2D eigenvalue weighted by molar-refractivity contribution is -0.325. The van der Waals surface area contributed by atoms with Gasteiger partial charge in [-0.05, 0) is 87.7 Å². The third-order valence-corrected chi connectivity index (χ3v) is 8.97. The Hall–Kier alpha value is -1.75. The van der Waals surface area contributed by atoms with Gasteiger partial charge in [-0.1, -0.05) is 37.6 Å². The van der Waals surface area contributed by atoms with Crippen LogP contribution in [0.1, 0.15) is 82.3 Å². The first-order chi connectivity index (χ1) is 19.1. The molecule has 11 heteroatoms. The Labute approximate surface area is 234 Å². The van der Waals surface area contributed by atoms with Gasteiger partial charge in [0.25, 0.3) is 0 Å². The summed E-state index contributed by atoms with van der Waals surface area (Å²) in [6.45, 7) is 1.43. The van der Waals surface area contributed by atoms with E-state index in [2.05, 4.69) is 19.1 Å². The van der Waals surface area contributed by atoms with Gasteiger partial charge in [0.1, 0.15) is 6.10 Å². The van der Waals surface area contributed by atoms with Gasteiger partial charge in [0, 0.05) is 5.56 Å². The normalized spacial score (nSPS) is 30.4. The van der Waals surface area contributed by atoms with E-state index >= 15 is 8.78 Å². The summed E-state index contributed by atoms with van der Waals surface area (Å²) in [6, 6.07) is 1.20. The average Bonchev–Trinajstić information content (AvgIpc) is 2.93. The van der Waals surface area contributed by atoms with Crippen molar-refractivity contribution in [2.75, 3.05) is 6.61 Å². The van der Waals surface area contributed by atoms with Gasteiger partial charge < -0.3 is 9.47 Å². The number of halogens is 9. The zero-order valence-electron chi connectivity index (χ0n) is 22.9. The summed E-state index contributed by atoms with van der Waals surface area (Å²) >= 11 is 0. The molecule has 2 nitrogen and oxygen atoms in total. The van der Waals surface area contributed by atoms with Gasteiger partial charge in [0.15, 0.2) is 0 Å². The number of alkyl halides is 9. The Balaban J connectivity index is 1.27. The van der Waals surface area contributed by atoms with Gasteiger partial charge in [-0.15, -0.1) is 0 Å². The fourth-order valence-electron chi connectivity index (χ4n) is 6.47. The van der Waals surface area contributed by atoms with Crippen molar-refractivity contribution in [2.24, 2.45) is 23.7 Å². The SMILES string of the molecule is CCCC1C=CC(C2CCC(C(F)(F)OC3CCC(C(F)(F)C(F)(F)c4ccc(C(F)(F)F)cc4)OC3)CC2)CC1. The third-order valence-electron chi connectivity index (χ3n) is 8.97. The first-order valence-corrected chi connectivity index (χ1v) is 14.4. The molecule has 0 N–H and O–H groups in total. The largest absolute Gasteiger partial charge is 0.416 e. The molecule has 0 amide bonds. The maximum Gasteiger partial charge on any atom is 0.416 e. The average molecular weight is 601 g/mol. The maximum atomic E-state index is 15.0. The number of hydrogen-bond donors (Lipinski definition) is 0. The van der Waals surface area contributed by atoms with Crippen molar-refractivity contribution in [3.8, 4) is 0 Å². The van der Waals surface area contributed by atoms with Gasteiger partial charge in [0.05, 0.1) is 24.2 Å². The minimum absolute atomic E-state index is 0.272. The van der Waals surface area contributed by atoms with Crippen LogP contribution in [-0.2, 0) is 21.6 Å². The standard InChI is InChI=1S/C30H37F9O2/c1-2-3-19-4-6-20(7-5-19)21-8-10-24(11-9-21)30(38,39)41-25-16-17-26(40-18-25)28(33,34)27(31,32)22-12-14-23(15-13-22)29(35,36)37/h4,6,12-15,19-21,24-26H,2-3,5,7-11,16-18H2,1H3. The van der Waals surface area contributed by atoms with Crippen LogP contribution in [-0.4, -0.2) is 30.8 Å². The summed E-state index contributed by atoms with van der Waals surface area (Å²) in [5, 5.41) is 0. The molecule has 0 radical (unpaired) electrons. The van der Waals surface area contributed by atoms with Crippen LogP contribution in [0.25, 0.3) is 0 Å². The van der Waals surface area contributed by atoms with Crippen molar-refractivity contribution in [2.45, 2.75) is 107 Å². The van der Waals surface area contributed by atoms with E-state index in [1.165, 1.54) is 0 Å². The van der Waals surface area contributed by atoms with Crippen LogP contribution in [0.15, 0.2) is 36.4 Å². The molecule has 1 saturated heterocycles. The molecular formula is C30H37F9O2. The number of allylic oxidation sites excluding steroid dienone is 2. The summed E-state index contributed by atoms with van der Waals surface area (Å²) < 4.78 is 137. The molecule has 2 fully saturated rings. The monoisotopic (exact) mass is 600 g/mol. The lowest BCUT2D eigenvalue weighted by Crippen LogP contribution is -2.52. The predicted molar refractivity (Wildman–Crippen MR) is 135 cm³/mol. The third kappa shape index (κ3) is 7.25. The van der Waals surface area contributed by atoms with Crippen molar-refractivity contribution in [1.29, 1.82) is 0 Å². The zero-order valence-corrected chi connectivity index (χ0v) is 22.9. The molecule has 1 aliphatic heterocycles. The van der Waals surface area contributed by atoms with Gasteiger partial charge in [-0.2, -0.15) is 39.5 Å². The number of ether oxygens (including phenoxy) is 2. The second kappa shape index (κ2) is 12.5. The molecule has 1 aromatic rings. The number of hydrogen-bond acceptors (Lipinski definition) is 2. The fraction of sp³-hybridized carbons (Fsp3) is 0.733. The number of benzene rings is 1. The molecular weight excluding hydrogens is 563 g/mol. The fourth-order valence-corrected chi connectivity index (χ4v) is 6.47. The van der Waals surface area contributed by atoms with Crippen LogP contribution >= 0.6 is 0 Å². The Kier molecular flexibility index (Phi) is 9.78. The molecule has 1 saturated carbocycles. The molecule has 0 aromatic heterocycles. The molecule has 1 aromatic carbocycles. The Morgan fingerprint density at radius 2 is 1.39 bits per heavy atom. The highest BCUT2D eigenvalue weighted by molar-refractivity contribution is 5.29. The lowest BCUT2D eigenvalue weighted by atomic mass is 9.71. The van der Waals surface area contributed by atoms with Crippen LogP contribution in [0, 0.1) is 23.7 Å². The van der Waals surface area contributed by atoms with Crippen LogP contribution in [0.4, 0.5) is 39.5 Å². The second-order valence-corrected chi connectivity index (χ2v) is 11.8. The molecule has 4 atom stereocenters. The van der Waals surface area contributed by atoms with E-state index in [4.69, 9.17) is 9.47 Å². The van der Waals surface area contributed by atoms with Crippen molar-refractivity contribution in [3.63, 3.8) is 0 Å². The van der Waals surface area contributed by atoms with E-state index in [9.17, 15) is 30.7 Å². The van der Waals surface area contributed by atoms with E-state index in [1.807, 2.05) is 0 Å². The molecule has 3 aliphatic rings. The van der Waals surface area contributed by atoms with E-state index in [1.54, 1.807) is 0 Å². The summed E-state index contributed by atoms with van der Waals surface area (Å²) in [5.74, 6) is -9.33. The highest BCUT2D eigenvalue weighted by Crippen LogP contribution is 2.49. The highest BCUT2D eigenvalue weighted by Gasteiger charge is 2.63. The van der Waals surface area contributed by atoms with Gasteiger partial charge in [-0.25, -0.2) is 0 Å². The van der Waals surface area contributed by atoms with E-state index in [0.717, 1.165) is 25.7 Å². The topological polar surface area (TPSA) is 18.5 Å². The molecule has 232 valence electrons. The Morgan fingerprint density at radius 1 is 0.756 bits per heavy atom. The smallest absolute Gasteiger partial charge is 0.369 e. The van der Waals surface area contributed by atoms with E-state index in [0.29, 0.717) is 54.9 Å². The molecule has 4 unspecified atom stereocenters. The molecule has 41 heavy (non-hydrogen) atoms.